The Balaban J connectivity index is 0.000000201. The van der Waals surface area contributed by atoms with Gasteiger partial charge in [0.1, 0.15) is 23.0 Å². The van der Waals surface area contributed by atoms with Gasteiger partial charge in [0.05, 0.1) is 74.0 Å². The molecule has 4 saturated heterocycles. The van der Waals surface area contributed by atoms with Crippen LogP contribution in [0.4, 0.5) is 26.3 Å². The normalized spacial score (nSPS) is 17.5. The number of alkyl halides is 6. The Bertz CT molecular complexity index is 3590. The molecule has 4 fully saturated rings. The van der Waals surface area contributed by atoms with Gasteiger partial charge in [-0.1, -0.05) is 7.43 Å². The first-order valence-electron chi connectivity index (χ1n) is 31.2. The number of ketones is 2. The van der Waals surface area contributed by atoms with Crippen LogP contribution in [0.5, 0.6) is 23.0 Å². The SMILES string of the molecule is C.Cc1c(C(=O)CCC2COCCO2)ccc2nn(CC3CCN(C(=O)c4ccc(Oc5ccc(C(F)(F)F)cc5)cc4)CC3)cc12.Cc1c(C(=O)CC[C@@H]2COCCO2)ccc2nn(CC3CCN(C(=O)c4ccc(Oc5ccc(C(F)(F)F)cc5)cc4)CC3)cc12. The molecular weight excluding hydrogens is 1210 g/mol. The van der Waals surface area contributed by atoms with E-state index in [-0.39, 0.29) is 54.5 Å². The number of likely N-dealkylation sites (tertiary alicyclic amines) is 2. The van der Waals surface area contributed by atoms with Gasteiger partial charge in [-0.15, -0.1) is 0 Å². The number of amides is 2. The summed E-state index contributed by atoms with van der Waals surface area (Å²) in [6.45, 7) is 11.3. The largest absolute Gasteiger partial charge is 0.457 e. The number of benzene rings is 6. The van der Waals surface area contributed by atoms with E-state index in [0.29, 0.717) is 126 Å². The lowest BCUT2D eigenvalue weighted by Gasteiger charge is -2.32. The molecule has 93 heavy (non-hydrogen) atoms. The van der Waals surface area contributed by atoms with Crippen molar-refractivity contribution in [2.24, 2.45) is 11.8 Å². The molecule has 22 heteroatoms. The molecule has 2 aromatic heterocycles. The van der Waals surface area contributed by atoms with E-state index in [0.717, 1.165) is 107 Å². The van der Waals surface area contributed by atoms with Crippen molar-refractivity contribution in [1.29, 1.82) is 0 Å². The second kappa shape index (κ2) is 30.1. The molecule has 0 spiro atoms. The highest BCUT2D eigenvalue weighted by Crippen LogP contribution is 2.35. The van der Waals surface area contributed by atoms with Gasteiger partial charge in [-0.2, -0.15) is 36.5 Å². The van der Waals surface area contributed by atoms with Gasteiger partial charge in [-0.25, -0.2) is 0 Å². The third-order valence-electron chi connectivity index (χ3n) is 17.5. The summed E-state index contributed by atoms with van der Waals surface area (Å²) in [5, 5.41) is 11.5. The Kier molecular flexibility index (Phi) is 21.8. The molecule has 6 aromatic carbocycles. The predicted molar refractivity (Wildman–Crippen MR) is 337 cm³/mol. The summed E-state index contributed by atoms with van der Waals surface area (Å²) in [6.07, 6.45) is 0.622. The van der Waals surface area contributed by atoms with Crippen molar-refractivity contribution < 1.29 is 73.9 Å². The fourth-order valence-corrected chi connectivity index (χ4v) is 12.2. The number of fused-ring (bicyclic) bond motifs is 2. The number of piperidine rings is 2. The van der Waals surface area contributed by atoms with E-state index in [2.05, 4.69) is 0 Å². The van der Waals surface area contributed by atoms with Gasteiger partial charge in [-0.05, 0) is 197 Å². The molecular formula is C71H76F6N6O10. The summed E-state index contributed by atoms with van der Waals surface area (Å²) in [6, 6.07) is 29.7. The van der Waals surface area contributed by atoms with Gasteiger partial charge in [-0.3, -0.25) is 28.5 Å². The minimum atomic E-state index is -4.41. The number of carbonyl (C=O) groups is 4. The van der Waals surface area contributed by atoms with E-state index in [9.17, 15) is 45.5 Å². The van der Waals surface area contributed by atoms with Gasteiger partial charge >= 0.3 is 12.4 Å². The van der Waals surface area contributed by atoms with Crippen LogP contribution >= 0.6 is 0 Å². The van der Waals surface area contributed by atoms with Crippen molar-refractivity contribution in [3.63, 3.8) is 0 Å². The van der Waals surface area contributed by atoms with Crippen LogP contribution in [0.3, 0.4) is 0 Å². The maximum absolute atomic E-state index is 13.2. The number of Topliss-reactive ketones (excluding diaryl/α,β-unsaturated/α-hetero) is 2. The molecule has 0 radical (unpaired) electrons. The van der Waals surface area contributed by atoms with Crippen molar-refractivity contribution in [3.8, 4) is 23.0 Å². The summed E-state index contributed by atoms with van der Waals surface area (Å²) in [5.41, 5.74) is 4.59. The lowest BCUT2D eigenvalue weighted by molar-refractivity contribution is -0.138. The highest BCUT2D eigenvalue weighted by molar-refractivity contribution is 6.03. The van der Waals surface area contributed by atoms with Crippen LogP contribution in [0, 0.1) is 25.7 Å². The van der Waals surface area contributed by atoms with Crippen LogP contribution in [-0.2, 0) is 44.4 Å². The minimum Gasteiger partial charge on any atom is -0.457 e. The molecule has 492 valence electrons. The average molecular weight is 1290 g/mol. The Hall–Kier alpha value is -8.44. The fraction of sp³-hybridized carbons (Fsp3) is 0.408. The molecule has 4 aliphatic rings. The molecule has 4 aliphatic heterocycles. The van der Waals surface area contributed by atoms with E-state index in [4.69, 9.17) is 38.6 Å². The molecule has 1 unspecified atom stereocenters. The Morgan fingerprint density at radius 3 is 1.15 bits per heavy atom. The number of hydrogen-bond acceptors (Lipinski definition) is 12. The molecule has 12 rings (SSSR count). The zero-order chi connectivity index (χ0) is 64.5. The maximum atomic E-state index is 13.2. The van der Waals surface area contributed by atoms with Crippen molar-refractivity contribution in [2.45, 2.75) is 110 Å². The van der Waals surface area contributed by atoms with E-state index in [1.165, 1.54) is 24.3 Å². The summed E-state index contributed by atoms with van der Waals surface area (Å²) >= 11 is 0. The maximum Gasteiger partial charge on any atom is 0.416 e. The standard InChI is InChI=1S/2C35H36F3N3O5.CH4/c2*1-23-30(33(42)13-10-29-22-44-18-19-45-29)11-12-32-31(23)21-41(39-32)20-24-14-16-40(17-15-24)34(43)25-2-6-27(7-3-25)46-28-8-4-26(5-9-28)35(36,37)38;/h2*2-9,11-12,21,24,29H,10,13-20,22H2,1H3;1H4/t29-;;/m1../s1. The zero-order valence-corrected chi connectivity index (χ0v) is 51.2. The molecule has 0 saturated carbocycles. The van der Waals surface area contributed by atoms with Crippen molar-refractivity contribution in [2.75, 3.05) is 65.8 Å². The second-order valence-electron chi connectivity index (χ2n) is 23.9. The minimum absolute atomic E-state index is 0. The topological polar surface area (TPSA) is 166 Å². The van der Waals surface area contributed by atoms with E-state index in [1.54, 1.807) is 48.5 Å². The zero-order valence-electron chi connectivity index (χ0n) is 51.2. The Labute approximate surface area is 535 Å². The third-order valence-corrected chi connectivity index (χ3v) is 17.5. The molecule has 0 aliphatic carbocycles. The number of ether oxygens (including phenoxy) is 6. The van der Waals surface area contributed by atoms with Crippen LogP contribution in [-0.4, -0.2) is 131 Å². The Morgan fingerprint density at radius 1 is 0.484 bits per heavy atom. The van der Waals surface area contributed by atoms with Crippen LogP contribution < -0.4 is 9.47 Å². The summed E-state index contributed by atoms with van der Waals surface area (Å²) in [5.74, 6) is 2.18. The number of hydrogen-bond donors (Lipinski definition) is 0. The first-order chi connectivity index (χ1) is 44.3. The second-order valence-corrected chi connectivity index (χ2v) is 23.9. The summed E-state index contributed by atoms with van der Waals surface area (Å²) in [4.78, 5) is 56.0. The molecule has 2 amide bonds. The van der Waals surface area contributed by atoms with E-state index >= 15 is 0 Å². The first kappa shape index (κ1) is 67.4. The van der Waals surface area contributed by atoms with Gasteiger partial charge in [0.25, 0.3) is 11.8 Å². The number of halogens is 6. The monoisotopic (exact) mass is 1290 g/mol. The number of aryl methyl sites for hydroxylation is 2. The van der Waals surface area contributed by atoms with Crippen LogP contribution in [0.1, 0.15) is 122 Å². The van der Waals surface area contributed by atoms with Gasteiger partial charge in [0, 0.05) is 97.5 Å². The van der Waals surface area contributed by atoms with Gasteiger partial charge in [0.15, 0.2) is 11.6 Å². The lowest BCUT2D eigenvalue weighted by atomic mass is 9.96. The number of rotatable bonds is 18. The number of nitrogens with zero attached hydrogens (tertiary/aromatic N) is 6. The molecule has 6 heterocycles. The van der Waals surface area contributed by atoms with Crippen molar-refractivity contribution >= 4 is 45.2 Å². The molecule has 16 nitrogen and oxygen atoms in total. The van der Waals surface area contributed by atoms with E-state index < -0.39 is 23.5 Å². The average Bonchev–Trinajstić information content (AvgIpc) is 1.71. The predicted octanol–water partition coefficient (Wildman–Crippen LogP) is 14.8. The van der Waals surface area contributed by atoms with Crippen LogP contribution in [0.15, 0.2) is 134 Å². The Morgan fingerprint density at radius 2 is 0.828 bits per heavy atom. The first-order valence-corrected chi connectivity index (χ1v) is 31.2. The number of aromatic nitrogens is 4. The lowest BCUT2D eigenvalue weighted by Crippen LogP contribution is -2.39. The number of carbonyl (C=O) groups excluding carboxylic acids is 4. The third kappa shape index (κ3) is 17.2. The van der Waals surface area contributed by atoms with Crippen molar-refractivity contribution in [1.82, 2.24) is 29.4 Å². The summed E-state index contributed by atoms with van der Waals surface area (Å²) in [7, 11) is 0. The summed E-state index contributed by atoms with van der Waals surface area (Å²) < 4.78 is 114. The smallest absolute Gasteiger partial charge is 0.416 e. The highest BCUT2D eigenvalue weighted by atomic mass is 19.4. The van der Waals surface area contributed by atoms with Gasteiger partial charge < -0.3 is 38.2 Å². The fourth-order valence-electron chi connectivity index (χ4n) is 12.2. The quantitative estimate of drug-likeness (QED) is 0.0590. The molecule has 0 bridgehead atoms. The highest BCUT2D eigenvalue weighted by Gasteiger charge is 2.32. The van der Waals surface area contributed by atoms with E-state index in [1.807, 2.05) is 69.7 Å². The molecule has 0 N–H and O–H groups in total. The molecule has 2 atom stereocenters. The van der Waals surface area contributed by atoms with Crippen LogP contribution in [0.25, 0.3) is 21.8 Å². The van der Waals surface area contributed by atoms with Crippen molar-refractivity contribution in [3.05, 3.63) is 178 Å². The van der Waals surface area contributed by atoms with Gasteiger partial charge in [0.2, 0.25) is 0 Å². The molecule has 8 aromatic rings. The van der Waals surface area contributed by atoms with Crippen LogP contribution in [0.2, 0.25) is 0 Å².